The molecular weight excluding hydrogens is 798 g/mol. The first-order valence-corrected chi connectivity index (χ1v) is 17.3. The van der Waals surface area contributed by atoms with Crippen LogP contribution in [-0.2, 0) is 12.4 Å². The van der Waals surface area contributed by atoms with E-state index in [2.05, 4.69) is 20.5 Å². The first-order chi connectivity index (χ1) is 28.7. The second kappa shape index (κ2) is 23.7. The molecule has 0 aliphatic heterocycles. The molecule has 2 amide bonds. The number of aliphatic hydroxyl groups excluding tert-OH is 1. The average molecular weight is 835 g/mol. The summed E-state index contributed by atoms with van der Waals surface area (Å²) in [5, 5.41) is 11.3. The van der Waals surface area contributed by atoms with Gasteiger partial charge in [-0.3, -0.25) is 19.8 Å². The number of para-hydroxylation sites is 2. The summed E-state index contributed by atoms with van der Waals surface area (Å²) in [6, 6.07) is 33.0. The number of alkyl halides is 6. The van der Waals surface area contributed by atoms with Crippen LogP contribution in [0.15, 0.2) is 151 Å². The van der Waals surface area contributed by atoms with Crippen molar-refractivity contribution >= 4 is 24.3 Å². The highest BCUT2D eigenvalue weighted by molar-refractivity contribution is 5.97. The van der Waals surface area contributed by atoms with Gasteiger partial charge in [-0.25, -0.2) is 21.2 Å². The van der Waals surface area contributed by atoms with Crippen LogP contribution in [0.2, 0.25) is 0 Å². The van der Waals surface area contributed by atoms with E-state index in [0.29, 0.717) is 23.3 Å². The lowest BCUT2D eigenvalue weighted by atomic mass is 10.1. The van der Waals surface area contributed by atoms with Gasteiger partial charge < -0.3 is 14.6 Å². The van der Waals surface area contributed by atoms with Gasteiger partial charge in [-0.15, -0.1) is 0 Å². The molecule has 0 aliphatic rings. The van der Waals surface area contributed by atoms with E-state index < -0.39 is 35.3 Å². The van der Waals surface area contributed by atoms with Crippen molar-refractivity contribution in [1.82, 2.24) is 20.8 Å². The zero-order valence-corrected chi connectivity index (χ0v) is 31.4. The number of benzene rings is 4. The van der Waals surface area contributed by atoms with Gasteiger partial charge in [0.2, 0.25) is 11.8 Å². The van der Waals surface area contributed by atoms with Crippen LogP contribution >= 0.6 is 0 Å². The van der Waals surface area contributed by atoms with Gasteiger partial charge in [0, 0.05) is 24.6 Å². The molecule has 0 radical (unpaired) electrons. The normalized spacial score (nSPS) is 10.6. The Morgan fingerprint density at radius 3 is 1.53 bits per heavy atom. The van der Waals surface area contributed by atoms with Gasteiger partial charge in [-0.2, -0.15) is 31.4 Å². The molecule has 0 bridgehead atoms. The number of pyridine rings is 2. The number of aliphatic hydroxyl groups is 1. The molecular formula is C42H36F6N6O6. The zero-order chi connectivity index (χ0) is 44.0. The smallest absolute Gasteiger partial charge is 0.416 e. The summed E-state index contributed by atoms with van der Waals surface area (Å²) in [4.78, 5) is 42.0. The summed E-state index contributed by atoms with van der Waals surface area (Å²) in [6.07, 6.45) is -4.30. The lowest BCUT2D eigenvalue weighted by Crippen LogP contribution is -2.30. The number of hydrogen-bond acceptors (Lipinski definition) is 10. The number of ether oxygens (including phenoxy) is 2. The Kier molecular flexibility index (Phi) is 18.5. The molecule has 0 unspecified atom stereocenters. The summed E-state index contributed by atoms with van der Waals surface area (Å²) in [6.45, 7) is 1.93. The van der Waals surface area contributed by atoms with Crippen LogP contribution in [0.3, 0.4) is 0 Å². The van der Waals surface area contributed by atoms with Crippen LogP contribution in [0, 0.1) is 0 Å². The third kappa shape index (κ3) is 15.8. The van der Waals surface area contributed by atoms with E-state index in [4.69, 9.17) is 20.4 Å². The highest BCUT2D eigenvalue weighted by atomic mass is 19.4. The highest BCUT2D eigenvalue weighted by Crippen LogP contribution is 2.30. The van der Waals surface area contributed by atoms with Gasteiger partial charge in [0.15, 0.2) is 0 Å². The highest BCUT2D eigenvalue weighted by Gasteiger charge is 2.31. The van der Waals surface area contributed by atoms with Crippen molar-refractivity contribution in [2.45, 2.75) is 19.3 Å². The van der Waals surface area contributed by atoms with E-state index in [1.165, 1.54) is 36.5 Å². The Hall–Kier alpha value is -7.44. The predicted octanol–water partition coefficient (Wildman–Crippen LogP) is 8.65. The molecule has 0 spiro atoms. The fourth-order valence-corrected chi connectivity index (χ4v) is 4.38. The summed E-state index contributed by atoms with van der Waals surface area (Å²) in [5.41, 5.74) is 3.36. The van der Waals surface area contributed by atoms with E-state index in [0.717, 1.165) is 30.5 Å². The van der Waals surface area contributed by atoms with Gasteiger partial charge in [0.1, 0.15) is 28.9 Å². The van der Waals surface area contributed by atoms with Crippen molar-refractivity contribution in [3.05, 3.63) is 179 Å². The summed E-state index contributed by atoms with van der Waals surface area (Å²) >= 11 is 0. The molecule has 0 saturated heterocycles. The molecule has 6 rings (SSSR count). The fourth-order valence-electron chi connectivity index (χ4n) is 4.38. The van der Waals surface area contributed by atoms with Crippen LogP contribution in [0.1, 0.15) is 54.7 Å². The number of hydrogen-bond donors (Lipinski definition) is 4. The molecule has 0 atom stereocenters. The number of aldehydes is 1. The maximum absolute atomic E-state index is 12.7. The monoisotopic (exact) mass is 834 g/mol. The lowest BCUT2D eigenvalue weighted by Gasteiger charge is -2.08. The molecule has 312 valence electrons. The summed E-state index contributed by atoms with van der Waals surface area (Å²) in [5.74, 6) is 5.45. The second-order valence-electron chi connectivity index (χ2n) is 11.4. The molecule has 4 aromatic carbocycles. The first kappa shape index (κ1) is 46.9. The molecule has 0 fully saturated rings. The van der Waals surface area contributed by atoms with Crippen molar-refractivity contribution in [2.75, 3.05) is 6.61 Å². The minimum Gasteiger partial charge on any atom is -0.438 e. The number of carbonyl (C=O) groups excluding carboxylic acids is 3. The van der Waals surface area contributed by atoms with Gasteiger partial charge in [0.25, 0.3) is 11.8 Å². The molecule has 0 saturated carbocycles. The van der Waals surface area contributed by atoms with Crippen molar-refractivity contribution in [3.63, 3.8) is 0 Å². The molecule has 2 heterocycles. The van der Waals surface area contributed by atoms with E-state index in [-0.39, 0.29) is 35.1 Å². The Labute approximate surface area is 339 Å². The Balaban J connectivity index is 0.000000254. The number of rotatable bonds is 9. The topological polar surface area (TPSA) is 178 Å². The summed E-state index contributed by atoms with van der Waals surface area (Å²) in [7, 11) is 0. The third-order valence-corrected chi connectivity index (χ3v) is 7.02. The van der Waals surface area contributed by atoms with E-state index in [1.54, 1.807) is 67.7 Å². The van der Waals surface area contributed by atoms with Gasteiger partial charge >= 0.3 is 12.4 Å². The Morgan fingerprint density at radius 1 is 0.667 bits per heavy atom. The van der Waals surface area contributed by atoms with Crippen molar-refractivity contribution in [1.29, 1.82) is 0 Å². The quantitative estimate of drug-likeness (QED) is 0.0277. The largest absolute Gasteiger partial charge is 0.438 e. The SMILES string of the molecule is CCO.NNC(=O)c1cccnc1Oc1ccccc1.O=C(N/N=C/c1cccc(C(F)(F)F)c1)c1cccnc1Oc1ccccc1.O=Cc1cccc(C(F)(F)F)c1. The van der Waals surface area contributed by atoms with Crippen molar-refractivity contribution < 1.29 is 55.3 Å². The number of aromatic nitrogens is 2. The number of amides is 2. The molecule has 2 aromatic heterocycles. The van der Waals surface area contributed by atoms with Crippen LogP contribution in [0.25, 0.3) is 0 Å². The Morgan fingerprint density at radius 2 is 1.10 bits per heavy atom. The van der Waals surface area contributed by atoms with Crippen LogP contribution in [-0.4, -0.2) is 46.0 Å². The maximum Gasteiger partial charge on any atom is 0.416 e. The van der Waals surface area contributed by atoms with Gasteiger partial charge in [-0.1, -0.05) is 60.7 Å². The second-order valence-corrected chi connectivity index (χ2v) is 11.4. The van der Waals surface area contributed by atoms with Crippen LogP contribution in [0.5, 0.6) is 23.3 Å². The van der Waals surface area contributed by atoms with Gasteiger partial charge in [-0.05, 0) is 85.3 Å². The number of nitrogen functional groups attached to an aromatic ring is 1. The number of halogens is 6. The number of carbonyl (C=O) groups is 3. The number of nitrogens with zero attached hydrogens (tertiary/aromatic N) is 3. The van der Waals surface area contributed by atoms with E-state index >= 15 is 0 Å². The standard InChI is InChI=1S/C20H14F3N3O2.C12H11N3O2.C8H5F3O.C2H6O/c21-20(22,23)15-7-4-6-14(12-15)13-25-26-18(27)17-10-5-11-24-19(17)28-16-8-2-1-3-9-16;13-15-11(16)10-7-4-8-14-12(10)17-9-5-2-1-3-6-9;9-8(10,11)7-3-1-2-6(4-7)5-12;1-2-3/h1-13H,(H,26,27);1-8H,13H2,(H,15,16);1-5H;3H,2H2,1H3/b25-13+;;;. The lowest BCUT2D eigenvalue weighted by molar-refractivity contribution is -0.138. The summed E-state index contributed by atoms with van der Waals surface area (Å²) < 4.78 is 85.3. The minimum absolute atomic E-state index is 0.0322. The number of nitrogens with one attached hydrogen (secondary N) is 2. The zero-order valence-electron chi connectivity index (χ0n) is 31.4. The Bertz CT molecular complexity index is 2300. The number of nitrogens with two attached hydrogens (primary N) is 1. The van der Waals surface area contributed by atoms with Crippen molar-refractivity contribution in [2.24, 2.45) is 10.9 Å². The number of hydrazone groups is 1. The van der Waals surface area contributed by atoms with Crippen molar-refractivity contribution in [3.8, 4) is 23.3 Å². The van der Waals surface area contributed by atoms with Crippen LogP contribution in [0.4, 0.5) is 26.3 Å². The fraction of sp³-hybridized carbons (Fsp3) is 0.0952. The molecule has 18 heteroatoms. The average Bonchev–Trinajstić information content (AvgIpc) is 3.25. The molecule has 6 aromatic rings. The molecule has 60 heavy (non-hydrogen) atoms. The van der Waals surface area contributed by atoms with Gasteiger partial charge in [0.05, 0.1) is 17.3 Å². The predicted molar refractivity (Wildman–Crippen MR) is 209 cm³/mol. The van der Waals surface area contributed by atoms with E-state index in [9.17, 15) is 40.7 Å². The third-order valence-electron chi connectivity index (χ3n) is 7.02. The molecule has 5 N–H and O–H groups in total. The maximum atomic E-state index is 12.7. The molecule has 0 aliphatic carbocycles. The minimum atomic E-state index is -4.45. The molecule has 12 nitrogen and oxygen atoms in total. The number of hydrazine groups is 1. The first-order valence-electron chi connectivity index (χ1n) is 17.3. The van der Waals surface area contributed by atoms with E-state index in [1.807, 2.05) is 29.7 Å². The van der Waals surface area contributed by atoms with Crippen LogP contribution < -0.4 is 26.2 Å².